The van der Waals surface area contributed by atoms with Crippen LogP contribution in [0.3, 0.4) is 0 Å². The van der Waals surface area contributed by atoms with Crippen LogP contribution < -0.4 is 5.73 Å². The minimum Gasteiger partial charge on any atom is -0.396 e. The molecule has 0 bridgehead atoms. The molecule has 2 fully saturated rings. The fourth-order valence-electron chi connectivity index (χ4n) is 4.18. The number of aliphatic hydroxyl groups excluding tert-OH is 1. The van der Waals surface area contributed by atoms with Crippen molar-refractivity contribution in [3.8, 4) is 0 Å². The van der Waals surface area contributed by atoms with Crippen LogP contribution in [-0.4, -0.2) is 18.3 Å². The second kappa shape index (κ2) is 6.38. The molecule has 0 aromatic carbocycles. The second-order valence-corrected chi connectivity index (χ2v) is 6.78. The molecule has 1 unspecified atom stereocenters. The summed E-state index contributed by atoms with van der Waals surface area (Å²) in [7, 11) is 0. The van der Waals surface area contributed by atoms with Crippen molar-refractivity contribution in [2.24, 2.45) is 16.6 Å². The van der Waals surface area contributed by atoms with Gasteiger partial charge in [-0.2, -0.15) is 0 Å². The predicted molar refractivity (Wildman–Crippen MR) is 76.4 cm³/mol. The number of nitrogens with two attached hydrogens (primary N) is 1. The highest BCUT2D eigenvalue weighted by molar-refractivity contribution is 5.14. The summed E-state index contributed by atoms with van der Waals surface area (Å²) in [5.74, 6) is 0. The molecule has 2 heteroatoms. The first-order chi connectivity index (χ1) is 8.79. The van der Waals surface area contributed by atoms with E-state index >= 15 is 0 Å². The largest absolute Gasteiger partial charge is 0.396 e. The van der Waals surface area contributed by atoms with Gasteiger partial charge in [-0.15, -0.1) is 0 Å². The lowest BCUT2D eigenvalue weighted by Crippen LogP contribution is -2.27. The van der Waals surface area contributed by atoms with Gasteiger partial charge in [-0.05, 0) is 24.7 Å². The predicted octanol–water partition coefficient (Wildman–Crippen LogP) is 3.62. The SMILES string of the molecule is NCC1(CO)CC12CCCCCCCCCCC2. The van der Waals surface area contributed by atoms with E-state index in [4.69, 9.17) is 5.73 Å². The molecule has 106 valence electrons. The zero-order valence-corrected chi connectivity index (χ0v) is 11.9. The van der Waals surface area contributed by atoms with Crippen LogP contribution in [0.1, 0.15) is 77.0 Å². The van der Waals surface area contributed by atoms with Crippen LogP contribution >= 0.6 is 0 Å². The molecule has 3 N–H and O–H groups in total. The molecule has 2 aliphatic rings. The minimum atomic E-state index is 0.0944. The van der Waals surface area contributed by atoms with E-state index in [9.17, 15) is 5.11 Å². The van der Waals surface area contributed by atoms with Crippen LogP contribution in [0.2, 0.25) is 0 Å². The smallest absolute Gasteiger partial charge is 0.0505 e. The lowest BCUT2D eigenvalue weighted by atomic mass is 9.83. The standard InChI is InChI=1S/C16H31NO/c17-13-16(14-18)12-15(16)10-8-6-4-2-1-3-5-7-9-11-15/h18H,1-14,17H2. The van der Waals surface area contributed by atoms with Crippen molar-refractivity contribution < 1.29 is 5.11 Å². The van der Waals surface area contributed by atoms with Gasteiger partial charge in [0.05, 0.1) is 6.61 Å². The third-order valence-corrected chi connectivity index (χ3v) is 5.68. The molecule has 0 amide bonds. The molecular formula is C16H31NO. The maximum absolute atomic E-state index is 9.68. The Balaban J connectivity index is 1.91. The molecule has 2 saturated carbocycles. The molecule has 0 radical (unpaired) electrons. The first-order valence-electron chi connectivity index (χ1n) is 8.10. The van der Waals surface area contributed by atoms with Crippen LogP contribution in [0.15, 0.2) is 0 Å². The summed E-state index contributed by atoms with van der Waals surface area (Å²) in [5.41, 5.74) is 6.45. The third-order valence-electron chi connectivity index (χ3n) is 5.68. The van der Waals surface area contributed by atoms with Crippen LogP contribution in [0, 0.1) is 10.8 Å². The third kappa shape index (κ3) is 2.91. The van der Waals surface area contributed by atoms with E-state index in [0.717, 1.165) is 0 Å². The molecule has 2 nitrogen and oxygen atoms in total. The van der Waals surface area contributed by atoms with Gasteiger partial charge in [0.25, 0.3) is 0 Å². The average molecular weight is 253 g/mol. The van der Waals surface area contributed by atoms with Crippen molar-refractivity contribution in [1.29, 1.82) is 0 Å². The van der Waals surface area contributed by atoms with Gasteiger partial charge in [0.1, 0.15) is 0 Å². The average Bonchev–Trinajstić information content (AvgIpc) is 3.03. The molecule has 1 atom stereocenters. The topological polar surface area (TPSA) is 46.2 Å². The summed E-state index contributed by atoms with van der Waals surface area (Å²) in [4.78, 5) is 0. The van der Waals surface area contributed by atoms with Crippen molar-refractivity contribution in [3.05, 3.63) is 0 Å². The van der Waals surface area contributed by atoms with Crippen molar-refractivity contribution in [2.75, 3.05) is 13.2 Å². The van der Waals surface area contributed by atoms with Crippen LogP contribution in [-0.2, 0) is 0 Å². The highest BCUT2D eigenvalue weighted by Crippen LogP contribution is 2.68. The summed E-state index contributed by atoms with van der Waals surface area (Å²) in [6.07, 6.45) is 16.4. The number of aliphatic hydroxyl groups is 1. The maximum Gasteiger partial charge on any atom is 0.0505 e. The van der Waals surface area contributed by atoms with Gasteiger partial charge in [-0.3, -0.25) is 0 Å². The van der Waals surface area contributed by atoms with Crippen LogP contribution in [0.4, 0.5) is 0 Å². The summed E-state index contributed by atoms with van der Waals surface area (Å²) < 4.78 is 0. The first kappa shape index (κ1) is 14.3. The van der Waals surface area contributed by atoms with Crippen molar-refractivity contribution in [1.82, 2.24) is 0 Å². The highest BCUT2D eigenvalue weighted by atomic mass is 16.3. The monoisotopic (exact) mass is 253 g/mol. The molecule has 0 saturated heterocycles. The van der Waals surface area contributed by atoms with E-state index in [1.807, 2.05) is 0 Å². The number of hydrogen-bond donors (Lipinski definition) is 2. The van der Waals surface area contributed by atoms with Gasteiger partial charge in [0, 0.05) is 12.0 Å². The van der Waals surface area contributed by atoms with Gasteiger partial charge >= 0.3 is 0 Å². The maximum atomic E-state index is 9.68. The highest BCUT2D eigenvalue weighted by Gasteiger charge is 2.64. The molecule has 0 aromatic rings. The van der Waals surface area contributed by atoms with Crippen molar-refractivity contribution in [3.63, 3.8) is 0 Å². The Morgan fingerprint density at radius 1 is 0.778 bits per heavy atom. The van der Waals surface area contributed by atoms with E-state index < -0.39 is 0 Å². The van der Waals surface area contributed by atoms with Crippen LogP contribution in [0.25, 0.3) is 0 Å². The molecule has 2 aliphatic carbocycles. The Labute approximate surface area is 112 Å². The van der Waals surface area contributed by atoms with Gasteiger partial charge in [0.15, 0.2) is 0 Å². The molecule has 0 aliphatic heterocycles. The van der Waals surface area contributed by atoms with Crippen LogP contribution in [0.5, 0.6) is 0 Å². The molecule has 18 heavy (non-hydrogen) atoms. The lowest BCUT2D eigenvalue weighted by Gasteiger charge is -2.24. The van der Waals surface area contributed by atoms with E-state index in [1.54, 1.807) is 0 Å². The minimum absolute atomic E-state index is 0.0944. The second-order valence-electron chi connectivity index (χ2n) is 6.78. The van der Waals surface area contributed by atoms with Crippen molar-refractivity contribution >= 4 is 0 Å². The Hall–Kier alpha value is -0.0800. The Bertz CT molecular complexity index is 235. The Morgan fingerprint density at radius 3 is 1.56 bits per heavy atom. The fourth-order valence-corrected chi connectivity index (χ4v) is 4.18. The number of rotatable bonds is 2. The normalized spacial score (nSPS) is 33.7. The molecule has 0 aromatic heterocycles. The molecular weight excluding hydrogens is 222 g/mol. The van der Waals surface area contributed by atoms with Gasteiger partial charge in [-0.25, -0.2) is 0 Å². The Morgan fingerprint density at radius 2 is 1.22 bits per heavy atom. The quantitative estimate of drug-likeness (QED) is 0.789. The molecule has 2 rings (SSSR count). The lowest BCUT2D eigenvalue weighted by molar-refractivity contribution is 0.161. The van der Waals surface area contributed by atoms with Gasteiger partial charge in [0.2, 0.25) is 0 Å². The van der Waals surface area contributed by atoms with Crippen molar-refractivity contribution in [2.45, 2.75) is 77.0 Å². The van der Waals surface area contributed by atoms with E-state index in [-0.39, 0.29) is 5.41 Å². The first-order valence-corrected chi connectivity index (χ1v) is 8.10. The zero-order chi connectivity index (χ0) is 12.9. The summed E-state index contributed by atoms with van der Waals surface area (Å²) in [5, 5.41) is 9.68. The molecule has 1 spiro atoms. The summed E-state index contributed by atoms with van der Waals surface area (Å²) in [6.45, 7) is 0.993. The van der Waals surface area contributed by atoms with Gasteiger partial charge < -0.3 is 10.8 Å². The van der Waals surface area contributed by atoms with Gasteiger partial charge in [-0.1, -0.05) is 57.8 Å². The fraction of sp³-hybridized carbons (Fsp3) is 1.00. The van der Waals surface area contributed by atoms with E-state index in [2.05, 4.69) is 0 Å². The van der Waals surface area contributed by atoms with E-state index in [0.29, 0.717) is 18.6 Å². The molecule has 0 heterocycles. The van der Waals surface area contributed by atoms with E-state index in [1.165, 1.54) is 77.0 Å². The Kier molecular flexibility index (Phi) is 5.08. The summed E-state index contributed by atoms with van der Waals surface area (Å²) >= 11 is 0. The summed E-state index contributed by atoms with van der Waals surface area (Å²) in [6, 6.07) is 0. The number of hydrogen-bond acceptors (Lipinski definition) is 2. The zero-order valence-electron chi connectivity index (χ0n) is 11.9.